The van der Waals surface area contributed by atoms with Gasteiger partial charge in [-0.3, -0.25) is 9.52 Å². The Bertz CT molecular complexity index is 1180. The number of carbonyl (C=O) groups excluding carboxylic acids is 1. The molecule has 4 rings (SSSR count). The van der Waals surface area contributed by atoms with Gasteiger partial charge in [0.25, 0.3) is 15.9 Å². The molecule has 0 radical (unpaired) electrons. The molecule has 0 bridgehead atoms. The van der Waals surface area contributed by atoms with E-state index in [0.717, 1.165) is 23.3 Å². The van der Waals surface area contributed by atoms with Gasteiger partial charge >= 0.3 is 0 Å². The van der Waals surface area contributed by atoms with Crippen LogP contribution < -0.4 is 14.4 Å². The molecule has 3 heterocycles. The highest BCUT2D eigenvalue weighted by molar-refractivity contribution is 7.94. The Hall–Kier alpha value is -2.43. The highest BCUT2D eigenvalue weighted by Crippen LogP contribution is 2.37. The van der Waals surface area contributed by atoms with Gasteiger partial charge in [0.05, 0.1) is 11.4 Å². The van der Waals surface area contributed by atoms with Gasteiger partial charge in [0.1, 0.15) is 9.96 Å². The summed E-state index contributed by atoms with van der Waals surface area (Å²) in [6, 6.07) is 8.98. The molecule has 1 aliphatic rings. The number of anilines is 2. The van der Waals surface area contributed by atoms with E-state index in [-0.39, 0.29) is 16.7 Å². The molecule has 2 aromatic heterocycles. The summed E-state index contributed by atoms with van der Waals surface area (Å²) in [5.74, 6) is 0.586. The standard InChI is InChI=1S/C20H21N3O4S3/c1-3-9-23-16-10-13(5-7-17(16)27-11-18(23)24)15-12-28-20(21-15)22-30(25,26)19-8-6-14(4-2)29-19/h5-8,10,12H,3-4,9,11H2,1-2H3,(H,21,22). The van der Waals surface area contributed by atoms with Crippen LogP contribution in [-0.4, -0.2) is 32.5 Å². The molecule has 7 nitrogen and oxygen atoms in total. The number of hydrogen-bond donors (Lipinski definition) is 1. The SMILES string of the molecule is CCCN1C(=O)COc2ccc(-c3csc(NS(=O)(=O)c4ccc(CC)s4)n3)cc21. The molecular weight excluding hydrogens is 442 g/mol. The third kappa shape index (κ3) is 4.07. The van der Waals surface area contributed by atoms with Crippen LogP contribution in [0.1, 0.15) is 25.1 Å². The maximum Gasteiger partial charge on any atom is 0.273 e. The molecule has 0 saturated heterocycles. The molecular formula is C20H21N3O4S3. The summed E-state index contributed by atoms with van der Waals surface area (Å²) in [4.78, 5) is 19.4. The number of nitrogens with zero attached hydrogens (tertiary/aromatic N) is 2. The lowest BCUT2D eigenvalue weighted by atomic mass is 10.1. The number of thiophene rings is 1. The maximum atomic E-state index is 12.6. The first-order valence-electron chi connectivity index (χ1n) is 9.56. The van der Waals surface area contributed by atoms with Crippen molar-refractivity contribution in [2.24, 2.45) is 0 Å². The van der Waals surface area contributed by atoms with Crippen molar-refractivity contribution in [3.05, 3.63) is 40.6 Å². The Labute approximate surface area is 183 Å². The number of carbonyl (C=O) groups is 1. The summed E-state index contributed by atoms with van der Waals surface area (Å²) in [6.07, 6.45) is 1.63. The second-order valence-electron chi connectivity index (χ2n) is 6.73. The van der Waals surface area contributed by atoms with Gasteiger partial charge in [-0.1, -0.05) is 13.8 Å². The second-order valence-corrected chi connectivity index (χ2v) is 10.7. The number of aryl methyl sites for hydroxylation is 1. The van der Waals surface area contributed by atoms with Crippen LogP contribution in [0.5, 0.6) is 5.75 Å². The van der Waals surface area contributed by atoms with Crippen LogP contribution in [0.4, 0.5) is 10.8 Å². The van der Waals surface area contributed by atoms with Crippen LogP contribution in [0.25, 0.3) is 11.3 Å². The van der Waals surface area contributed by atoms with Gasteiger partial charge < -0.3 is 9.64 Å². The minimum absolute atomic E-state index is 0.0391. The van der Waals surface area contributed by atoms with Crippen LogP contribution in [-0.2, 0) is 21.2 Å². The number of fused-ring (bicyclic) bond motifs is 1. The molecule has 0 unspecified atom stereocenters. The van der Waals surface area contributed by atoms with Crippen LogP contribution >= 0.6 is 22.7 Å². The second kappa shape index (κ2) is 8.37. The number of thiazole rings is 1. The van der Waals surface area contributed by atoms with Crippen molar-refractivity contribution >= 4 is 49.4 Å². The predicted molar refractivity (Wildman–Crippen MR) is 120 cm³/mol. The van der Waals surface area contributed by atoms with Crippen molar-refractivity contribution in [2.45, 2.75) is 30.9 Å². The zero-order chi connectivity index (χ0) is 21.3. The molecule has 0 spiro atoms. The van der Waals surface area contributed by atoms with Crippen LogP contribution in [0, 0.1) is 0 Å². The average Bonchev–Trinajstić information content (AvgIpc) is 3.39. The Morgan fingerprint density at radius 2 is 2.07 bits per heavy atom. The van der Waals surface area contributed by atoms with Gasteiger partial charge in [-0.2, -0.15) is 0 Å². The lowest BCUT2D eigenvalue weighted by Crippen LogP contribution is -2.39. The van der Waals surface area contributed by atoms with Crippen molar-refractivity contribution in [1.82, 2.24) is 4.98 Å². The smallest absolute Gasteiger partial charge is 0.273 e. The zero-order valence-electron chi connectivity index (χ0n) is 16.5. The van der Waals surface area contributed by atoms with Crippen molar-refractivity contribution in [3.8, 4) is 17.0 Å². The molecule has 1 aromatic carbocycles. The first kappa shape index (κ1) is 20.8. The molecule has 158 valence electrons. The fourth-order valence-electron chi connectivity index (χ4n) is 3.14. The van der Waals surface area contributed by atoms with Crippen molar-refractivity contribution in [3.63, 3.8) is 0 Å². The fourth-order valence-corrected chi connectivity index (χ4v) is 6.41. The number of amides is 1. The van der Waals surface area contributed by atoms with Gasteiger partial charge in [0.2, 0.25) is 0 Å². The van der Waals surface area contributed by atoms with E-state index in [2.05, 4.69) is 9.71 Å². The van der Waals surface area contributed by atoms with E-state index in [1.54, 1.807) is 16.3 Å². The van der Waals surface area contributed by atoms with Gasteiger partial charge in [0.15, 0.2) is 11.7 Å². The predicted octanol–water partition coefficient (Wildman–Crippen LogP) is 4.37. The van der Waals surface area contributed by atoms with Crippen LogP contribution in [0.2, 0.25) is 0 Å². The van der Waals surface area contributed by atoms with Crippen molar-refractivity contribution < 1.29 is 17.9 Å². The largest absolute Gasteiger partial charge is 0.482 e. The van der Waals surface area contributed by atoms with Gasteiger partial charge in [-0.25, -0.2) is 13.4 Å². The third-order valence-electron chi connectivity index (χ3n) is 4.62. The first-order chi connectivity index (χ1) is 14.4. The lowest BCUT2D eigenvalue weighted by Gasteiger charge is -2.29. The number of rotatable bonds is 7. The van der Waals surface area contributed by atoms with E-state index in [1.807, 2.05) is 38.1 Å². The summed E-state index contributed by atoms with van der Waals surface area (Å²) in [7, 11) is -3.67. The average molecular weight is 464 g/mol. The van der Waals surface area contributed by atoms with E-state index in [9.17, 15) is 13.2 Å². The zero-order valence-corrected chi connectivity index (χ0v) is 19.0. The molecule has 0 fully saturated rings. The number of nitrogens with one attached hydrogen (secondary N) is 1. The summed E-state index contributed by atoms with van der Waals surface area (Å²) in [5, 5.41) is 2.09. The molecule has 1 amide bonds. The summed E-state index contributed by atoms with van der Waals surface area (Å²) >= 11 is 2.48. The maximum absolute atomic E-state index is 12.6. The number of ether oxygens (including phenoxy) is 1. The molecule has 10 heteroatoms. The van der Waals surface area contributed by atoms with Crippen molar-refractivity contribution in [2.75, 3.05) is 22.8 Å². The van der Waals surface area contributed by atoms with Crippen LogP contribution in [0.15, 0.2) is 39.9 Å². The first-order valence-corrected chi connectivity index (χ1v) is 12.7. The Kier molecular flexibility index (Phi) is 5.81. The Balaban J connectivity index is 1.59. The minimum atomic E-state index is -3.67. The molecule has 0 saturated carbocycles. The highest BCUT2D eigenvalue weighted by Gasteiger charge is 2.25. The molecule has 3 aromatic rings. The van der Waals surface area contributed by atoms with E-state index in [1.165, 1.54) is 22.7 Å². The molecule has 30 heavy (non-hydrogen) atoms. The molecule has 1 N–H and O–H groups in total. The summed E-state index contributed by atoms with van der Waals surface area (Å²) in [5.41, 5.74) is 2.14. The topological polar surface area (TPSA) is 88.6 Å². The van der Waals surface area contributed by atoms with Crippen LogP contribution in [0.3, 0.4) is 0 Å². The normalized spacial score (nSPS) is 13.8. The van der Waals surface area contributed by atoms with E-state index in [0.29, 0.717) is 28.8 Å². The molecule has 0 aliphatic carbocycles. The minimum Gasteiger partial charge on any atom is -0.482 e. The molecule has 0 atom stereocenters. The Morgan fingerprint density at radius 1 is 1.23 bits per heavy atom. The van der Waals surface area contributed by atoms with E-state index >= 15 is 0 Å². The van der Waals surface area contributed by atoms with E-state index < -0.39 is 10.0 Å². The monoisotopic (exact) mass is 463 g/mol. The third-order valence-corrected chi connectivity index (χ3v) is 8.57. The number of aromatic nitrogens is 1. The van der Waals surface area contributed by atoms with Gasteiger partial charge in [-0.05, 0) is 43.2 Å². The lowest BCUT2D eigenvalue weighted by molar-refractivity contribution is -0.121. The molecule has 1 aliphatic heterocycles. The van der Waals surface area contributed by atoms with Crippen molar-refractivity contribution in [1.29, 1.82) is 0 Å². The Morgan fingerprint density at radius 3 is 2.80 bits per heavy atom. The summed E-state index contributed by atoms with van der Waals surface area (Å²) < 4.78 is 33.6. The number of sulfonamides is 1. The van der Waals surface area contributed by atoms with Gasteiger partial charge in [-0.15, -0.1) is 22.7 Å². The number of hydrogen-bond acceptors (Lipinski definition) is 7. The fraction of sp³-hybridized carbons (Fsp3) is 0.300. The quantitative estimate of drug-likeness (QED) is 0.562. The summed E-state index contributed by atoms with van der Waals surface area (Å²) in [6.45, 7) is 4.66. The van der Waals surface area contributed by atoms with E-state index in [4.69, 9.17) is 4.74 Å². The number of benzene rings is 1. The van der Waals surface area contributed by atoms with Gasteiger partial charge in [0, 0.05) is 22.4 Å². The highest BCUT2D eigenvalue weighted by atomic mass is 32.2.